The smallest absolute Gasteiger partial charge is 0.251 e. The summed E-state index contributed by atoms with van der Waals surface area (Å²) in [7, 11) is 1.68. The first-order valence-corrected chi connectivity index (χ1v) is 9.96. The Balaban J connectivity index is 1.70. The Morgan fingerprint density at radius 2 is 1.70 bits per heavy atom. The van der Waals surface area contributed by atoms with E-state index in [1.807, 2.05) is 36.4 Å². The zero-order valence-electron chi connectivity index (χ0n) is 16.4. The highest BCUT2D eigenvalue weighted by Crippen LogP contribution is 2.26. The molecule has 1 atom stereocenters. The van der Waals surface area contributed by atoms with Crippen molar-refractivity contribution in [2.45, 2.75) is 38.6 Å². The molecule has 144 valence electrons. The molecule has 3 rings (SSSR count). The van der Waals surface area contributed by atoms with Crippen molar-refractivity contribution in [1.29, 1.82) is 0 Å². The molecule has 1 fully saturated rings. The molecule has 1 unspecified atom stereocenters. The van der Waals surface area contributed by atoms with Gasteiger partial charge in [-0.15, -0.1) is 0 Å². The molecule has 0 aliphatic carbocycles. The van der Waals surface area contributed by atoms with Gasteiger partial charge >= 0.3 is 0 Å². The SMILES string of the molecule is CCc1ccc(C(=O)NCC(c2ccc(OC)cc2)N2CCCCC2)cc1. The third-order valence-corrected chi connectivity index (χ3v) is 5.41. The van der Waals surface area contributed by atoms with E-state index in [-0.39, 0.29) is 11.9 Å². The molecule has 27 heavy (non-hydrogen) atoms. The lowest BCUT2D eigenvalue weighted by Gasteiger charge is -2.35. The first-order chi connectivity index (χ1) is 13.2. The van der Waals surface area contributed by atoms with Crippen LogP contribution in [0.1, 0.15) is 53.7 Å². The van der Waals surface area contributed by atoms with Crippen molar-refractivity contribution in [3.05, 3.63) is 65.2 Å². The van der Waals surface area contributed by atoms with E-state index in [2.05, 4.69) is 29.3 Å². The van der Waals surface area contributed by atoms with Crippen LogP contribution in [0.3, 0.4) is 0 Å². The van der Waals surface area contributed by atoms with Crippen LogP contribution in [0.25, 0.3) is 0 Å². The second-order valence-electron chi connectivity index (χ2n) is 7.15. The monoisotopic (exact) mass is 366 g/mol. The van der Waals surface area contributed by atoms with Crippen molar-refractivity contribution in [3.8, 4) is 5.75 Å². The Bertz CT molecular complexity index is 719. The van der Waals surface area contributed by atoms with Crippen LogP contribution >= 0.6 is 0 Å². The number of carbonyl (C=O) groups is 1. The van der Waals surface area contributed by atoms with Crippen LogP contribution in [0.5, 0.6) is 5.75 Å². The minimum atomic E-state index is -0.00632. The number of likely N-dealkylation sites (tertiary alicyclic amines) is 1. The summed E-state index contributed by atoms with van der Waals surface area (Å²) in [5, 5.41) is 3.15. The van der Waals surface area contributed by atoms with Gasteiger partial charge in [0.05, 0.1) is 13.2 Å². The number of carbonyl (C=O) groups excluding carboxylic acids is 1. The molecule has 1 N–H and O–H groups in total. The van der Waals surface area contributed by atoms with Crippen LogP contribution in [0.4, 0.5) is 0 Å². The maximum atomic E-state index is 12.6. The second kappa shape index (κ2) is 9.56. The van der Waals surface area contributed by atoms with Crippen molar-refractivity contribution in [2.24, 2.45) is 0 Å². The van der Waals surface area contributed by atoms with Gasteiger partial charge in [0, 0.05) is 12.1 Å². The Kier molecular flexibility index (Phi) is 6.88. The van der Waals surface area contributed by atoms with Gasteiger partial charge in [0.15, 0.2) is 0 Å². The summed E-state index contributed by atoms with van der Waals surface area (Å²) >= 11 is 0. The third kappa shape index (κ3) is 5.10. The first kappa shape index (κ1) is 19.4. The maximum Gasteiger partial charge on any atom is 0.251 e. The van der Waals surface area contributed by atoms with Gasteiger partial charge in [-0.2, -0.15) is 0 Å². The van der Waals surface area contributed by atoms with E-state index in [0.29, 0.717) is 6.54 Å². The zero-order valence-corrected chi connectivity index (χ0v) is 16.4. The van der Waals surface area contributed by atoms with Crippen molar-refractivity contribution in [1.82, 2.24) is 10.2 Å². The van der Waals surface area contributed by atoms with Crippen LogP contribution in [0, 0.1) is 0 Å². The number of hydrogen-bond donors (Lipinski definition) is 1. The molecule has 1 heterocycles. The van der Waals surface area contributed by atoms with E-state index >= 15 is 0 Å². The predicted molar refractivity (Wildman–Crippen MR) is 109 cm³/mol. The molecule has 1 aliphatic rings. The molecule has 0 aromatic heterocycles. The van der Waals surface area contributed by atoms with Gasteiger partial charge in [0.2, 0.25) is 0 Å². The van der Waals surface area contributed by atoms with Crippen LogP contribution < -0.4 is 10.1 Å². The zero-order chi connectivity index (χ0) is 19.1. The summed E-state index contributed by atoms with van der Waals surface area (Å²) in [6, 6.07) is 16.3. The predicted octanol–water partition coefficient (Wildman–Crippen LogP) is 4.21. The standard InChI is InChI=1S/C23H30N2O2/c1-3-18-7-9-20(10-8-18)23(26)24-17-22(25-15-5-4-6-16-25)19-11-13-21(27-2)14-12-19/h7-14,22H,3-6,15-17H2,1-2H3,(H,24,26). The molecule has 0 radical (unpaired) electrons. The fraction of sp³-hybridized carbons (Fsp3) is 0.435. The molecule has 0 spiro atoms. The number of nitrogens with one attached hydrogen (secondary N) is 1. The summed E-state index contributed by atoms with van der Waals surface area (Å²) in [6.45, 7) is 4.89. The average Bonchev–Trinajstić information content (AvgIpc) is 2.75. The van der Waals surface area contributed by atoms with Gasteiger partial charge in [-0.25, -0.2) is 0 Å². The average molecular weight is 367 g/mol. The van der Waals surface area contributed by atoms with Gasteiger partial charge in [-0.05, 0) is 67.7 Å². The van der Waals surface area contributed by atoms with Crippen molar-refractivity contribution in [3.63, 3.8) is 0 Å². The molecular weight excluding hydrogens is 336 g/mol. The summed E-state index contributed by atoms with van der Waals surface area (Å²) in [5.74, 6) is 0.851. The largest absolute Gasteiger partial charge is 0.497 e. The number of nitrogens with zero attached hydrogens (tertiary/aromatic N) is 1. The van der Waals surface area contributed by atoms with Crippen molar-refractivity contribution >= 4 is 5.91 Å². The van der Waals surface area contributed by atoms with Crippen LogP contribution in [-0.2, 0) is 6.42 Å². The van der Waals surface area contributed by atoms with E-state index in [9.17, 15) is 4.79 Å². The number of aryl methyl sites for hydroxylation is 1. The lowest BCUT2D eigenvalue weighted by atomic mass is 10.0. The number of rotatable bonds is 7. The summed E-state index contributed by atoms with van der Waals surface area (Å²) in [4.78, 5) is 15.1. The number of piperidine rings is 1. The van der Waals surface area contributed by atoms with E-state index in [1.165, 1.54) is 30.4 Å². The minimum Gasteiger partial charge on any atom is -0.497 e. The normalized spacial score (nSPS) is 15.9. The Labute approximate surface area is 162 Å². The fourth-order valence-electron chi connectivity index (χ4n) is 3.70. The van der Waals surface area contributed by atoms with Crippen molar-refractivity contribution in [2.75, 3.05) is 26.7 Å². The van der Waals surface area contributed by atoms with E-state index in [1.54, 1.807) is 7.11 Å². The van der Waals surface area contributed by atoms with Crippen LogP contribution in [0.15, 0.2) is 48.5 Å². The summed E-state index contributed by atoms with van der Waals surface area (Å²) in [6.07, 6.45) is 4.72. The van der Waals surface area contributed by atoms with Crippen molar-refractivity contribution < 1.29 is 9.53 Å². The third-order valence-electron chi connectivity index (χ3n) is 5.41. The van der Waals surface area contributed by atoms with E-state index in [4.69, 9.17) is 4.74 Å². The molecule has 1 aliphatic heterocycles. The molecule has 4 heteroatoms. The Morgan fingerprint density at radius 3 is 2.30 bits per heavy atom. The topological polar surface area (TPSA) is 41.6 Å². The lowest BCUT2D eigenvalue weighted by Crippen LogP contribution is -2.40. The highest BCUT2D eigenvalue weighted by molar-refractivity contribution is 5.94. The maximum absolute atomic E-state index is 12.6. The van der Waals surface area contributed by atoms with Gasteiger partial charge in [0.25, 0.3) is 5.91 Å². The number of ether oxygens (including phenoxy) is 1. The molecule has 2 aromatic rings. The Morgan fingerprint density at radius 1 is 1.04 bits per heavy atom. The number of amides is 1. The van der Waals surface area contributed by atoms with Gasteiger partial charge < -0.3 is 10.1 Å². The van der Waals surface area contributed by atoms with Gasteiger partial charge in [-0.3, -0.25) is 9.69 Å². The van der Waals surface area contributed by atoms with Crippen LogP contribution in [-0.4, -0.2) is 37.6 Å². The van der Waals surface area contributed by atoms with E-state index < -0.39 is 0 Å². The quantitative estimate of drug-likeness (QED) is 0.798. The number of benzene rings is 2. The molecule has 1 saturated heterocycles. The lowest BCUT2D eigenvalue weighted by molar-refractivity contribution is 0.0924. The Hall–Kier alpha value is -2.33. The number of methoxy groups -OCH3 is 1. The second-order valence-corrected chi connectivity index (χ2v) is 7.15. The molecule has 0 bridgehead atoms. The molecule has 1 amide bonds. The van der Waals surface area contributed by atoms with E-state index in [0.717, 1.165) is 30.8 Å². The fourth-order valence-corrected chi connectivity index (χ4v) is 3.70. The van der Waals surface area contributed by atoms with Crippen LogP contribution in [0.2, 0.25) is 0 Å². The molecule has 2 aromatic carbocycles. The molecule has 0 saturated carbocycles. The highest BCUT2D eigenvalue weighted by Gasteiger charge is 2.23. The highest BCUT2D eigenvalue weighted by atomic mass is 16.5. The van der Waals surface area contributed by atoms with Gasteiger partial charge in [0.1, 0.15) is 5.75 Å². The van der Waals surface area contributed by atoms with Gasteiger partial charge in [-0.1, -0.05) is 37.6 Å². The number of hydrogen-bond acceptors (Lipinski definition) is 3. The minimum absolute atomic E-state index is 0.00632. The first-order valence-electron chi connectivity index (χ1n) is 9.96. The summed E-state index contributed by atoms with van der Waals surface area (Å²) < 4.78 is 5.29. The summed E-state index contributed by atoms with van der Waals surface area (Å²) in [5.41, 5.74) is 3.19. The molecule has 4 nitrogen and oxygen atoms in total. The molecular formula is C23H30N2O2.